The van der Waals surface area contributed by atoms with Gasteiger partial charge in [-0.05, 0) is 24.3 Å². The highest BCUT2D eigenvalue weighted by atomic mass is 32.2. The molecule has 0 aliphatic heterocycles. The number of nitrogens with zero attached hydrogens (tertiary/aromatic N) is 3. The van der Waals surface area contributed by atoms with Gasteiger partial charge in [-0.25, -0.2) is 0 Å². The number of primary amides is 1. The number of nitrogens with two attached hydrogens (primary N) is 1. The number of amides is 1. The van der Waals surface area contributed by atoms with Crippen molar-refractivity contribution in [2.24, 2.45) is 5.73 Å². The van der Waals surface area contributed by atoms with E-state index >= 15 is 0 Å². The van der Waals surface area contributed by atoms with Gasteiger partial charge in [0.1, 0.15) is 5.82 Å². The average Bonchev–Trinajstić information content (AvgIpc) is 3.02. The van der Waals surface area contributed by atoms with Crippen LogP contribution in [0.5, 0.6) is 0 Å². The Morgan fingerprint density at radius 2 is 1.62 bits per heavy atom. The van der Waals surface area contributed by atoms with Gasteiger partial charge in [-0.3, -0.25) is 9.36 Å². The monoisotopic (exact) mass is 356 g/mol. The van der Waals surface area contributed by atoms with Gasteiger partial charge in [-0.2, -0.15) is 0 Å². The number of carbonyl (C=O) groups is 1. The van der Waals surface area contributed by atoms with Gasteiger partial charge in [-0.15, -0.1) is 22.0 Å². The van der Waals surface area contributed by atoms with Gasteiger partial charge in [0.05, 0.1) is 11.5 Å². The second-order valence-corrected chi connectivity index (χ2v) is 6.92. The van der Waals surface area contributed by atoms with E-state index in [0.717, 1.165) is 11.5 Å². The van der Waals surface area contributed by atoms with Crippen molar-refractivity contribution >= 4 is 29.4 Å². The number of aromatic nitrogens is 3. The number of para-hydroxylation sites is 1. The van der Waals surface area contributed by atoms with Crippen LogP contribution in [0, 0.1) is 0 Å². The summed E-state index contributed by atoms with van der Waals surface area (Å²) in [4.78, 5) is 12.3. The minimum absolute atomic E-state index is 0.177. The number of benzene rings is 2. The van der Waals surface area contributed by atoms with Gasteiger partial charge in [-0.1, -0.05) is 48.2 Å². The smallest absolute Gasteiger partial charge is 0.227 e. The molecule has 2 aromatic carbocycles. The fourth-order valence-corrected chi connectivity index (χ4v) is 3.67. The Kier molecular flexibility index (Phi) is 5.55. The Morgan fingerprint density at radius 3 is 2.29 bits per heavy atom. The first-order chi connectivity index (χ1) is 11.7. The largest absolute Gasteiger partial charge is 0.369 e. The minimum atomic E-state index is -0.372. The lowest BCUT2D eigenvalue weighted by Crippen LogP contribution is -2.13. The molecular formula is C17H16N4OS2. The van der Waals surface area contributed by atoms with Crippen molar-refractivity contribution in [2.45, 2.75) is 15.8 Å². The summed E-state index contributed by atoms with van der Waals surface area (Å²) in [5.41, 5.74) is 6.22. The molecule has 0 aliphatic carbocycles. The van der Waals surface area contributed by atoms with Crippen LogP contribution in [0.2, 0.25) is 0 Å². The van der Waals surface area contributed by atoms with E-state index in [1.54, 1.807) is 11.8 Å². The molecule has 3 aromatic rings. The molecule has 1 aromatic heterocycles. The number of carbonyl (C=O) groups excluding carboxylic acids is 1. The van der Waals surface area contributed by atoms with Crippen LogP contribution in [0.25, 0.3) is 5.69 Å². The third kappa shape index (κ3) is 4.18. The molecule has 0 saturated carbocycles. The van der Waals surface area contributed by atoms with Gasteiger partial charge in [0, 0.05) is 10.6 Å². The summed E-state index contributed by atoms with van der Waals surface area (Å²) in [6.07, 6.45) is 0. The van der Waals surface area contributed by atoms with Crippen LogP contribution in [0.3, 0.4) is 0 Å². The average molecular weight is 356 g/mol. The van der Waals surface area contributed by atoms with Crippen molar-refractivity contribution in [3.63, 3.8) is 0 Å². The molecule has 122 valence electrons. The molecule has 7 heteroatoms. The van der Waals surface area contributed by atoms with E-state index in [0.29, 0.717) is 10.9 Å². The second-order valence-electron chi connectivity index (χ2n) is 4.93. The topological polar surface area (TPSA) is 73.8 Å². The first kappa shape index (κ1) is 16.6. The lowest BCUT2D eigenvalue weighted by molar-refractivity contribution is -0.115. The minimum Gasteiger partial charge on any atom is -0.369 e. The van der Waals surface area contributed by atoms with Crippen molar-refractivity contribution in [3.05, 3.63) is 66.5 Å². The van der Waals surface area contributed by atoms with Crippen LogP contribution in [-0.2, 0) is 10.5 Å². The number of rotatable bonds is 7. The predicted octanol–water partition coefficient (Wildman–Crippen LogP) is 3.14. The summed E-state index contributed by atoms with van der Waals surface area (Å²) >= 11 is 2.99. The van der Waals surface area contributed by atoms with E-state index in [1.807, 2.05) is 53.1 Å². The predicted molar refractivity (Wildman–Crippen MR) is 97.3 cm³/mol. The molecule has 0 saturated heterocycles. The molecule has 0 unspecified atom stereocenters. The van der Waals surface area contributed by atoms with Crippen molar-refractivity contribution < 1.29 is 4.79 Å². The highest BCUT2D eigenvalue weighted by Crippen LogP contribution is 2.27. The van der Waals surface area contributed by atoms with Crippen LogP contribution in [0.4, 0.5) is 0 Å². The zero-order valence-electron chi connectivity index (χ0n) is 12.8. The first-order valence-corrected chi connectivity index (χ1v) is 9.30. The van der Waals surface area contributed by atoms with Gasteiger partial charge in [0.25, 0.3) is 0 Å². The Labute approximate surface area is 148 Å². The van der Waals surface area contributed by atoms with Crippen LogP contribution in [-0.4, -0.2) is 26.4 Å². The van der Waals surface area contributed by atoms with Crippen molar-refractivity contribution in [3.8, 4) is 5.69 Å². The molecule has 0 bridgehead atoms. The summed E-state index contributed by atoms with van der Waals surface area (Å²) in [6, 6.07) is 20.0. The molecular weight excluding hydrogens is 340 g/mol. The third-order valence-corrected chi connectivity index (χ3v) is 5.13. The molecule has 0 fully saturated rings. The Hall–Kier alpha value is -2.25. The third-order valence-electron chi connectivity index (χ3n) is 3.17. The molecule has 0 atom stereocenters. The molecule has 1 amide bonds. The van der Waals surface area contributed by atoms with Gasteiger partial charge < -0.3 is 5.73 Å². The summed E-state index contributed by atoms with van der Waals surface area (Å²) < 4.78 is 1.98. The van der Waals surface area contributed by atoms with Crippen LogP contribution < -0.4 is 5.73 Å². The summed E-state index contributed by atoms with van der Waals surface area (Å²) in [6.45, 7) is 0. The standard InChI is InChI=1S/C17H16N4OS2/c18-15(22)11-24-17-20-19-16(12-23-14-9-5-2-6-10-14)21(17)13-7-3-1-4-8-13/h1-10H,11-12H2,(H2,18,22). The Balaban J connectivity index is 1.86. The normalized spacial score (nSPS) is 10.7. The highest BCUT2D eigenvalue weighted by molar-refractivity contribution is 7.99. The lowest BCUT2D eigenvalue weighted by Gasteiger charge is -2.09. The molecule has 2 N–H and O–H groups in total. The molecule has 0 radical (unpaired) electrons. The maximum atomic E-state index is 11.1. The number of hydrogen-bond donors (Lipinski definition) is 1. The fraction of sp³-hybridized carbons (Fsp3) is 0.118. The zero-order valence-corrected chi connectivity index (χ0v) is 14.5. The molecule has 1 heterocycles. The lowest BCUT2D eigenvalue weighted by atomic mass is 10.3. The van der Waals surface area contributed by atoms with E-state index in [-0.39, 0.29) is 11.7 Å². The highest BCUT2D eigenvalue weighted by Gasteiger charge is 2.15. The van der Waals surface area contributed by atoms with Crippen LogP contribution in [0.1, 0.15) is 5.82 Å². The van der Waals surface area contributed by atoms with E-state index in [2.05, 4.69) is 22.3 Å². The maximum Gasteiger partial charge on any atom is 0.227 e. The molecule has 0 aliphatic rings. The van der Waals surface area contributed by atoms with Crippen LogP contribution >= 0.6 is 23.5 Å². The Morgan fingerprint density at radius 1 is 0.958 bits per heavy atom. The van der Waals surface area contributed by atoms with Gasteiger partial charge in [0.15, 0.2) is 5.16 Å². The fourth-order valence-electron chi connectivity index (χ4n) is 2.12. The van der Waals surface area contributed by atoms with E-state index in [9.17, 15) is 4.79 Å². The van der Waals surface area contributed by atoms with E-state index in [4.69, 9.17) is 5.73 Å². The summed E-state index contributed by atoms with van der Waals surface area (Å²) in [5.74, 6) is 1.32. The zero-order chi connectivity index (χ0) is 16.8. The van der Waals surface area contributed by atoms with Crippen molar-refractivity contribution in [1.82, 2.24) is 14.8 Å². The van der Waals surface area contributed by atoms with Gasteiger partial charge >= 0.3 is 0 Å². The molecule has 24 heavy (non-hydrogen) atoms. The van der Waals surface area contributed by atoms with Crippen molar-refractivity contribution in [2.75, 3.05) is 5.75 Å². The van der Waals surface area contributed by atoms with Gasteiger partial charge in [0.2, 0.25) is 5.91 Å². The molecule has 3 rings (SSSR count). The number of hydrogen-bond acceptors (Lipinski definition) is 5. The number of thioether (sulfide) groups is 2. The van der Waals surface area contributed by atoms with E-state index < -0.39 is 0 Å². The summed E-state index contributed by atoms with van der Waals surface area (Å²) in [7, 11) is 0. The SMILES string of the molecule is NC(=O)CSc1nnc(CSc2ccccc2)n1-c1ccccc1. The molecule has 5 nitrogen and oxygen atoms in total. The Bertz CT molecular complexity index is 806. The second kappa shape index (κ2) is 8.03. The molecule has 0 spiro atoms. The summed E-state index contributed by atoms with van der Waals surface area (Å²) in [5, 5.41) is 9.21. The van der Waals surface area contributed by atoms with Crippen LogP contribution in [0.15, 0.2) is 70.7 Å². The van der Waals surface area contributed by atoms with E-state index in [1.165, 1.54) is 16.7 Å². The quantitative estimate of drug-likeness (QED) is 0.658. The maximum absolute atomic E-state index is 11.1. The van der Waals surface area contributed by atoms with Crippen molar-refractivity contribution in [1.29, 1.82) is 0 Å². The first-order valence-electron chi connectivity index (χ1n) is 7.32.